The molecule has 1 fully saturated rings. The summed E-state index contributed by atoms with van der Waals surface area (Å²) >= 11 is 0. The number of aromatic nitrogens is 2. The number of hydrogen-bond acceptors (Lipinski definition) is 6. The molecule has 1 aromatic heterocycles. The van der Waals surface area contributed by atoms with E-state index in [0.717, 1.165) is 28.9 Å². The van der Waals surface area contributed by atoms with Crippen molar-refractivity contribution in [1.82, 2.24) is 14.3 Å². The molecule has 1 aliphatic carbocycles. The molecule has 0 amide bonds. The molecule has 0 spiro atoms. The van der Waals surface area contributed by atoms with E-state index in [2.05, 4.69) is 15.0 Å². The molecule has 1 aliphatic heterocycles. The molecule has 7 nitrogen and oxygen atoms in total. The fraction of sp³-hybridized carbons (Fsp3) is 0.350. The summed E-state index contributed by atoms with van der Waals surface area (Å²) in [5.41, 5.74) is 5.57. The summed E-state index contributed by atoms with van der Waals surface area (Å²) in [6.45, 7) is 1.48. The third-order valence-electron chi connectivity index (χ3n) is 5.34. The number of hydrogen-bond donors (Lipinski definition) is 1. The molecule has 2 aliphatic rings. The van der Waals surface area contributed by atoms with Crippen molar-refractivity contribution < 1.29 is 17.2 Å². The van der Waals surface area contributed by atoms with Crippen LogP contribution in [0.25, 0.3) is 11.9 Å². The van der Waals surface area contributed by atoms with Gasteiger partial charge >= 0.3 is 0 Å². The second kappa shape index (κ2) is 7.12. The van der Waals surface area contributed by atoms with E-state index in [1.165, 1.54) is 38.4 Å². The summed E-state index contributed by atoms with van der Waals surface area (Å²) < 4.78 is 54.9. The Labute approximate surface area is 173 Å². The maximum atomic E-state index is 14.7. The molecule has 10 heteroatoms. The van der Waals surface area contributed by atoms with Crippen LogP contribution in [0, 0.1) is 5.82 Å². The topological polar surface area (TPSA) is 102 Å². The van der Waals surface area contributed by atoms with E-state index < -0.39 is 33.0 Å². The number of guanidine groups is 1. The summed E-state index contributed by atoms with van der Waals surface area (Å²) in [7, 11) is -2.48. The molecule has 1 unspecified atom stereocenters. The Morgan fingerprint density at radius 1 is 1.30 bits per heavy atom. The molecular weight excluding hydrogens is 412 g/mol. The van der Waals surface area contributed by atoms with E-state index in [0.29, 0.717) is 11.5 Å². The number of aliphatic imine (C=N–C) groups is 1. The van der Waals surface area contributed by atoms with Crippen molar-refractivity contribution in [2.24, 2.45) is 10.7 Å². The van der Waals surface area contributed by atoms with Crippen LogP contribution < -0.4 is 5.73 Å². The van der Waals surface area contributed by atoms with Crippen molar-refractivity contribution in [3.05, 3.63) is 58.9 Å². The number of nitrogens with zero attached hydrogens (tertiary/aromatic N) is 4. The van der Waals surface area contributed by atoms with Gasteiger partial charge in [0, 0.05) is 24.7 Å². The Morgan fingerprint density at radius 3 is 2.63 bits per heavy atom. The first-order chi connectivity index (χ1) is 14.1. The smallest absolute Gasteiger partial charge is 0.239 e. The highest BCUT2D eigenvalue weighted by Crippen LogP contribution is 2.38. The first-order valence-electron chi connectivity index (χ1n) is 9.40. The predicted octanol–water partition coefficient (Wildman–Crippen LogP) is 2.77. The van der Waals surface area contributed by atoms with Crippen LogP contribution >= 0.6 is 0 Å². The van der Waals surface area contributed by atoms with Gasteiger partial charge in [0.1, 0.15) is 17.1 Å². The van der Waals surface area contributed by atoms with Gasteiger partial charge in [-0.15, -0.1) is 0 Å². The molecule has 1 atom stereocenters. The summed E-state index contributed by atoms with van der Waals surface area (Å²) in [5.74, 6) is -1.57. The van der Waals surface area contributed by atoms with Gasteiger partial charge in [-0.05, 0) is 43.5 Å². The van der Waals surface area contributed by atoms with Crippen molar-refractivity contribution in [3.8, 4) is 0 Å². The van der Waals surface area contributed by atoms with Crippen molar-refractivity contribution >= 4 is 27.9 Å². The van der Waals surface area contributed by atoms with Gasteiger partial charge in [0.05, 0.1) is 17.6 Å². The summed E-state index contributed by atoms with van der Waals surface area (Å²) in [6, 6.07) is 3.92. The maximum Gasteiger partial charge on any atom is 0.239 e. The van der Waals surface area contributed by atoms with E-state index >= 15 is 0 Å². The SMILES string of the molecule is CN1C(N)=NC(C)(c2cc(C=C(F)c3cnc(C4CC4)cn3)ccc2F)CS1(=O)=O. The van der Waals surface area contributed by atoms with Crippen molar-refractivity contribution in [3.63, 3.8) is 0 Å². The van der Waals surface area contributed by atoms with Gasteiger partial charge < -0.3 is 5.73 Å². The van der Waals surface area contributed by atoms with Crippen molar-refractivity contribution in [2.45, 2.75) is 31.2 Å². The van der Waals surface area contributed by atoms with Gasteiger partial charge in [0.15, 0.2) is 5.83 Å². The Kier molecular flexibility index (Phi) is 4.84. The highest BCUT2D eigenvalue weighted by Gasteiger charge is 2.41. The van der Waals surface area contributed by atoms with Gasteiger partial charge in [-0.25, -0.2) is 26.5 Å². The minimum Gasteiger partial charge on any atom is -0.369 e. The van der Waals surface area contributed by atoms with Gasteiger partial charge in [0.25, 0.3) is 0 Å². The van der Waals surface area contributed by atoms with Crippen molar-refractivity contribution in [1.29, 1.82) is 0 Å². The van der Waals surface area contributed by atoms with Gasteiger partial charge in [-0.2, -0.15) is 0 Å². The third kappa shape index (κ3) is 3.79. The monoisotopic (exact) mass is 433 g/mol. The average molecular weight is 433 g/mol. The molecule has 1 aromatic carbocycles. The molecule has 0 bridgehead atoms. The highest BCUT2D eigenvalue weighted by molar-refractivity contribution is 7.89. The second-order valence-corrected chi connectivity index (χ2v) is 9.80. The van der Waals surface area contributed by atoms with E-state index in [1.807, 2.05) is 0 Å². The summed E-state index contributed by atoms with van der Waals surface area (Å²) in [4.78, 5) is 12.6. The van der Waals surface area contributed by atoms with Crippen LogP contribution in [0.1, 0.15) is 48.2 Å². The highest BCUT2D eigenvalue weighted by atomic mass is 32.2. The summed E-state index contributed by atoms with van der Waals surface area (Å²) in [6.07, 6.45) is 6.28. The van der Waals surface area contributed by atoms with Crippen LogP contribution in [-0.4, -0.2) is 41.5 Å². The Hall–Kier alpha value is -2.88. The lowest BCUT2D eigenvalue weighted by Gasteiger charge is -2.34. The predicted molar refractivity (Wildman–Crippen MR) is 110 cm³/mol. The average Bonchev–Trinajstić information content (AvgIpc) is 3.52. The number of rotatable bonds is 4. The zero-order valence-corrected chi connectivity index (χ0v) is 17.3. The zero-order valence-electron chi connectivity index (χ0n) is 16.5. The minimum absolute atomic E-state index is 0.0128. The Bertz CT molecular complexity index is 1160. The van der Waals surface area contributed by atoms with Gasteiger partial charge in [-0.1, -0.05) is 6.07 Å². The molecule has 158 valence electrons. The third-order valence-corrected chi connectivity index (χ3v) is 7.29. The van der Waals surface area contributed by atoms with Gasteiger partial charge in [0.2, 0.25) is 16.0 Å². The Balaban J connectivity index is 1.68. The number of nitrogens with two attached hydrogens (primary N) is 1. The largest absolute Gasteiger partial charge is 0.369 e. The summed E-state index contributed by atoms with van der Waals surface area (Å²) in [5, 5.41) is 0. The van der Waals surface area contributed by atoms with E-state index in [1.54, 1.807) is 6.20 Å². The molecule has 2 N–H and O–H groups in total. The van der Waals surface area contributed by atoms with Crippen LogP contribution in [0.4, 0.5) is 8.78 Å². The molecule has 4 rings (SSSR count). The lowest BCUT2D eigenvalue weighted by atomic mass is 9.92. The van der Waals surface area contributed by atoms with Crippen LogP contribution in [0.2, 0.25) is 0 Å². The lowest BCUT2D eigenvalue weighted by Crippen LogP contribution is -2.50. The molecule has 2 heterocycles. The fourth-order valence-corrected chi connectivity index (χ4v) is 4.85. The van der Waals surface area contributed by atoms with E-state index in [-0.39, 0.29) is 17.2 Å². The van der Waals surface area contributed by atoms with Gasteiger partial charge in [-0.3, -0.25) is 9.97 Å². The van der Waals surface area contributed by atoms with Crippen LogP contribution in [0.15, 0.2) is 35.6 Å². The Morgan fingerprint density at radius 2 is 2.03 bits per heavy atom. The second-order valence-electron chi connectivity index (χ2n) is 7.80. The minimum atomic E-state index is -3.77. The molecule has 0 saturated heterocycles. The first-order valence-corrected chi connectivity index (χ1v) is 11.0. The molecule has 30 heavy (non-hydrogen) atoms. The molecule has 0 radical (unpaired) electrons. The standard InChI is InChI=1S/C20H21F2N5O2S/c1-20(11-30(28,29)27(2)19(23)26-20)14-7-12(3-6-15(14)21)8-16(22)18-10-24-17(9-25-18)13-4-5-13/h3,6-10,13H,4-5,11H2,1-2H3,(H2,23,26). The zero-order chi connectivity index (χ0) is 21.7. The maximum absolute atomic E-state index is 14.7. The first kappa shape index (κ1) is 20.4. The number of sulfonamides is 1. The fourth-order valence-electron chi connectivity index (χ4n) is 3.40. The lowest BCUT2D eigenvalue weighted by molar-refractivity contribution is 0.458. The van der Waals surface area contributed by atoms with Crippen molar-refractivity contribution in [2.75, 3.05) is 12.8 Å². The number of halogens is 2. The van der Waals surface area contributed by atoms with E-state index in [4.69, 9.17) is 5.73 Å². The van der Waals surface area contributed by atoms with E-state index in [9.17, 15) is 17.2 Å². The van der Waals surface area contributed by atoms with Crippen LogP contribution in [-0.2, 0) is 15.6 Å². The quantitative estimate of drug-likeness (QED) is 0.799. The number of benzene rings is 1. The molecular formula is C20H21F2N5O2S. The molecule has 1 saturated carbocycles. The molecule has 2 aromatic rings. The normalized spacial score (nSPS) is 23.9. The van der Waals surface area contributed by atoms with Crippen LogP contribution in [0.5, 0.6) is 0 Å². The van der Waals surface area contributed by atoms with Crippen LogP contribution in [0.3, 0.4) is 0 Å².